The van der Waals surface area contributed by atoms with Gasteiger partial charge in [-0.05, 0) is 57.2 Å². The molecule has 8 heteroatoms. The highest BCUT2D eigenvalue weighted by Gasteiger charge is 2.26. The van der Waals surface area contributed by atoms with Crippen LogP contribution in [0.15, 0.2) is 82.6 Å². The van der Waals surface area contributed by atoms with E-state index in [1.165, 1.54) is 16.4 Å². The Balaban J connectivity index is 1.96. The second kappa shape index (κ2) is 11.8. The maximum atomic E-state index is 13.3. The Hall–Kier alpha value is -4.00. The molecule has 0 bridgehead atoms. The summed E-state index contributed by atoms with van der Waals surface area (Å²) >= 11 is 0. The summed E-state index contributed by atoms with van der Waals surface area (Å²) in [5.74, 6) is 11.2. The zero-order valence-electron chi connectivity index (χ0n) is 20.8. The normalized spacial score (nSPS) is 11.0. The first kappa shape index (κ1) is 27.6. The van der Waals surface area contributed by atoms with Crippen molar-refractivity contribution >= 4 is 25.7 Å². The van der Waals surface area contributed by atoms with Gasteiger partial charge >= 0.3 is 0 Å². The van der Waals surface area contributed by atoms with Gasteiger partial charge in [0, 0.05) is 6.04 Å². The fraction of sp³-hybridized carbons (Fsp3) is 0.172. The van der Waals surface area contributed by atoms with E-state index in [4.69, 9.17) is 6.42 Å². The average molecular weight is 531 g/mol. The van der Waals surface area contributed by atoms with Crippen molar-refractivity contribution in [2.45, 2.75) is 30.6 Å². The smallest absolute Gasteiger partial charge is 0.207 e. The van der Waals surface area contributed by atoms with Crippen LogP contribution in [-0.4, -0.2) is 34.2 Å². The van der Waals surface area contributed by atoms with Crippen molar-refractivity contribution in [3.63, 3.8) is 0 Å². The van der Waals surface area contributed by atoms with Gasteiger partial charge in [0.05, 0.1) is 34.1 Å². The fourth-order valence-electron chi connectivity index (χ4n) is 3.32. The minimum atomic E-state index is -4.05. The molecule has 0 saturated heterocycles. The Kier molecular flexibility index (Phi) is 8.81. The van der Waals surface area contributed by atoms with Gasteiger partial charge in [0.2, 0.25) is 10.0 Å². The van der Waals surface area contributed by atoms with Crippen LogP contribution < -0.4 is 4.31 Å². The van der Waals surface area contributed by atoms with E-state index in [0.29, 0.717) is 5.56 Å². The van der Waals surface area contributed by atoms with E-state index in [1.54, 1.807) is 67.6 Å². The molecule has 0 radical (unpaired) electrons. The molecule has 37 heavy (non-hydrogen) atoms. The number of sulfonamides is 2. The summed E-state index contributed by atoms with van der Waals surface area (Å²) in [6.45, 7) is 5.16. The lowest BCUT2D eigenvalue weighted by Crippen LogP contribution is -2.32. The molecule has 0 spiro atoms. The summed E-state index contributed by atoms with van der Waals surface area (Å²) in [6, 6.07) is 21.7. The quantitative estimate of drug-likeness (QED) is 0.340. The molecule has 0 aliphatic rings. The molecule has 0 unspecified atom stereocenters. The van der Waals surface area contributed by atoms with Crippen molar-refractivity contribution < 1.29 is 16.8 Å². The number of para-hydroxylation sites is 1. The molecule has 0 heterocycles. The van der Waals surface area contributed by atoms with E-state index in [2.05, 4.69) is 29.7 Å². The van der Waals surface area contributed by atoms with Crippen molar-refractivity contribution in [3.8, 4) is 36.1 Å². The number of anilines is 1. The van der Waals surface area contributed by atoms with Crippen LogP contribution in [0.25, 0.3) is 0 Å². The molecule has 0 atom stereocenters. The van der Waals surface area contributed by atoms with Crippen LogP contribution >= 0.6 is 0 Å². The SMILES string of the molecule is C#CN(c1ccccc1C#CCN(CC#CC)S(=O)(=O)c1ccc(C)cc1)S(=O)(=O)c1ccc(C)cc1. The number of hydrogen-bond acceptors (Lipinski definition) is 4. The predicted molar refractivity (Wildman–Crippen MR) is 146 cm³/mol. The fourth-order valence-corrected chi connectivity index (χ4v) is 5.81. The lowest BCUT2D eigenvalue weighted by molar-refractivity contribution is 0.482. The molecule has 188 valence electrons. The van der Waals surface area contributed by atoms with Crippen LogP contribution in [0.1, 0.15) is 23.6 Å². The molecule has 0 aliphatic heterocycles. The third-order valence-corrected chi connectivity index (χ3v) is 8.83. The van der Waals surface area contributed by atoms with Gasteiger partial charge in [-0.1, -0.05) is 71.7 Å². The highest BCUT2D eigenvalue weighted by atomic mass is 32.2. The molecule has 0 fully saturated rings. The summed E-state index contributed by atoms with van der Waals surface area (Å²) in [7, 11) is -7.90. The second-order valence-corrected chi connectivity index (χ2v) is 11.8. The molecule has 0 aromatic heterocycles. The summed E-state index contributed by atoms with van der Waals surface area (Å²) in [5.41, 5.74) is 2.38. The molecule has 0 N–H and O–H groups in total. The van der Waals surface area contributed by atoms with Crippen LogP contribution in [-0.2, 0) is 20.0 Å². The minimum Gasteiger partial charge on any atom is -0.207 e. The molecule has 0 saturated carbocycles. The van der Waals surface area contributed by atoms with E-state index in [1.807, 2.05) is 13.8 Å². The van der Waals surface area contributed by atoms with Gasteiger partial charge in [-0.2, -0.15) is 8.61 Å². The van der Waals surface area contributed by atoms with Gasteiger partial charge in [0.1, 0.15) is 0 Å². The van der Waals surface area contributed by atoms with Gasteiger partial charge in [0.25, 0.3) is 10.0 Å². The number of aryl methyl sites for hydroxylation is 2. The zero-order chi connectivity index (χ0) is 27.1. The van der Waals surface area contributed by atoms with E-state index in [-0.39, 0.29) is 28.6 Å². The van der Waals surface area contributed by atoms with Gasteiger partial charge in [-0.25, -0.2) is 16.8 Å². The average Bonchev–Trinajstić information content (AvgIpc) is 2.87. The highest BCUT2D eigenvalue weighted by Crippen LogP contribution is 2.26. The number of terminal acetylenes is 1. The van der Waals surface area contributed by atoms with Gasteiger partial charge < -0.3 is 0 Å². The van der Waals surface area contributed by atoms with Crippen LogP contribution in [0.5, 0.6) is 0 Å². The maximum absolute atomic E-state index is 13.3. The minimum absolute atomic E-state index is 0.0404. The highest BCUT2D eigenvalue weighted by molar-refractivity contribution is 7.93. The molecular formula is C29H26N2O4S2. The van der Waals surface area contributed by atoms with Gasteiger partial charge in [-0.3, -0.25) is 0 Å². The predicted octanol–water partition coefficient (Wildman–Crippen LogP) is 4.16. The Morgan fingerprint density at radius 3 is 1.78 bits per heavy atom. The second-order valence-electron chi connectivity index (χ2n) is 8.04. The maximum Gasteiger partial charge on any atom is 0.275 e. The zero-order valence-corrected chi connectivity index (χ0v) is 22.4. The summed E-state index contributed by atoms with van der Waals surface area (Å²) in [4.78, 5) is 0.188. The Labute approximate surface area is 220 Å². The van der Waals surface area contributed by atoms with Crippen LogP contribution in [0.3, 0.4) is 0 Å². The topological polar surface area (TPSA) is 74.8 Å². The summed E-state index contributed by atoms with van der Waals surface area (Å²) in [5, 5.41) is 0. The Bertz CT molecular complexity index is 1650. The van der Waals surface area contributed by atoms with Crippen molar-refractivity contribution in [1.29, 1.82) is 0 Å². The van der Waals surface area contributed by atoms with Crippen LogP contribution in [0.4, 0.5) is 5.69 Å². The largest absolute Gasteiger partial charge is 0.275 e. The van der Waals surface area contributed by atoms with E-state index in [9.17, 15) is 16.8 Å². The monoisotopic (exact) mass is 530 g/mol. The molecular weight excluding hydrogens is 504 g/mol. The Morgan fingerprint density at radius 2 is 1.24 bits per heavy atom. The van der Waals surface area contributed by atoms with Crippen molar-refractivity contribution in [2.24, 2.45) is 0 Å². The molecule has 6 nitrogen and oxygen atoms in total. The lowest BCUT2D eigenvalue weighted by atomic mass is 10.2. The van der Waals surface area contributed by atoms with Crippen LogP contribution in [0.2, 0.25) is 0 Å². The molecule has 0 amide bonds. The first-order valence-corrected chi connectivity index (χ1v) is 14.1. The van der Waals surface area contributed by atoms with E-state index in [0.717, 1.165) is 15.4 Å². The number of nitrogens with zero attached hydrogens (tertiary/aromatic N) is 2. The lowest BCUT2D eigenvalue weighted by Gasteiger charge is -2.19. The van der Waals surface area contributed by atoms with Crippen molar-refractivity contribution in [1.82, 2.24) is 4.31 Å². The molecule has 3 rings (SSSR count). The van der Waals surface area contributed by atoms with E-state index >= 15 is 0 Å². The first-order valence-electron chi connectivity index (χ1n) is 11.2. The van der Waals surface area contributed by atoms with Crippen molar-refractivity contribution in [3.05, 3.63) is 89.5 Å². The first-order chi connectivity index (χ1) is 17.6. The third-order valence-electron chi connectivity index (χ3n) is 5.37. The molecule has 3 aromatic carbocycles. The number of hydrogen-bond donors (Lipinski definition) is 0. The third kappa shape index (κ3) is 6.42. The van der Waals surface area contributed by atoms with Gasteiger partial charge in [0.15, 0.2) is 0 Å². The summed E-state index contributed by atoms with van der Waals surface area (Å²) < 4.78 is 55.0. The molecule has 3 aromatic rings. The summed E-state index contributed by atoms with van der Waals surface area (Å²) in [6.07, 6.45) is 5.64. The van der Waals surface area contributed by atoms with Crippen molar-refractivity contribution in [2.75, 3.05) is 17.4 Å². The van der Waals surface area contributed by atoms with E-state index < -0.39 is 20.0 Å². The Morgan fingerprint density at radius 1 is 0.730 bits per heavy atom. The van der Waals surface area contributed by atoms with Gasteiger partial charge in [-0.15, -0.1) is 5.92 Å². The standard InChI is InChI=1S/C29H26N2O4S2/c1-5-7-22-30(36(32,33)27-18-14-24(3)15-19-27)23-10-12-26-11-8-9-13-29(26)31(6-2)37(34,35)28-20-16-25(4)17-21-28/h2,8-9,11,13-21H,22-23H2,1,3-4H3. The number of rotatable bonds is 7. The molecule has 0 aliphatic carbocycles. The number of benzene rings is 3. The van der Waals surface area contributed by atoms with Crippen LogP contribution in [0, 0.1) is 50.0 Å².